The third-order valence-corrected chi connectivity index (χ3v) is 3.75. The summed E-state index contributed by atoms with van der Waals surface area (Å²) < 4.78 is 13.9. The Morgan fingerprint density at radius 3 is 2.38 bits per heavy atom. The third-order valence-electron chi connectivity index (χ3n) is 3.75. The molecular weight excluding hydrogens is 267 g/mol. The van der Waals surface area contributed by atoms with Crippen molar-refractivity contribution in [3.05, 3.63) is 47.0 Å². The van der Waals surface area contributed by atoms with Crippen molar-refractivity contribution < 1.29 is 4.39 Å². The Labute approximate surface area is 125 Å². The first-order valence-electron chi connectivity index (χ1n) is 7.28. The molecule has 112 valence electrons. The molecule has 5 heteroatoms. The van der Waals surface area contributed by atoms with E-state index in [1.54, 1.807) is 12.1 Å². The van der Waals surface area contributed by atoms with Crippen molar-refractivity contribution in [2.75, 3.05) is 11.9 Å². The summed E-state index contributed by atoms with van der Waals surface area (Å²) in [5.41, 5.74) is 2.50. The molecule has 0 amide bonds. The summed E-state index contributed by atoms with van der Waals surface area (Å²) in [6.07, 6.45) is 1.63. The van der Waals surface area contributed by atoms with Gasteiger partial charge in [0.15, 0.2) is 0 Å². The molecule has 0 aliphatic heterocycles. The topological polar surface area (TPSA) is 41.9 Å². The molecule has 0 aliphatic rings. The second-order valence-electron chi connectivity index (χ2n) is 5.02. The molecule has 0 saturated heterocycles. The summed E-state index contributed by atoms with van der Waals surface area (Å²) in [7, 11) is 1.86. The van der Waals surface area contributed by atoms with E-state index in [0.717, 1.165) is 24.2 Å². The van der Waals surface area contributed by atoms with Gasteiger partial charge in [-0.25, -0.2) is 9.37 Å². The lowest BCUT2D eigenvalue weighted by molar-refractivity contribution is 0.580. The Morgan fingerprint density at radius 1 is 1.10 bits per heavy atom. The van der Waals surface area contributed by atoms with Crippen LogP contribution in [0.4, 0.5) is 10.3 Å². The zero-order valence-corrected chi connectivity index (χ0v) is 13.0. The quantitative estimate of drug-likeness (QED) is 0.846. The van der Waals surface area contributed by atoms with Gasteiger partial charge in [0.2, 0.25) is 5.95 Å². The molecule has 0 spiro atoms. The lowest BCUT2D eigenvalue weighted by Gasteiger charge is -2.25. The van der Waals surface area contributed by atoms with Crippen molar-refractivity contribution in [3.8, 4) is 0 Å². The molecule has 1 atom stereocenters. The predicted octanol–water partition coefficient (Wildman–Crippen LogP) is 3.33. The standard InChI is InChI=1S/C16H21FN4/c1-5-14-15(6-2)19-20-16(18-14)21(4)11(3)12-9-7-8-10-13(12)17/h7-11H,5-6H2,1-4H3. The Bertz CT molecular complexity index is 615. The second kappa shape index (κ2) is 6.61. The average Bonchev–Trinajstić information content (AvgIpc) is 2.53. The van der Waals surface area contributed by atoms with Crippen LogP contribution in [0.25, 0.3) is 0 Å². The van der Waals surface area contributed by atoms with Gasteiger partial charge in [-0.2, -0.15) is 5.10 Å². The molecule has 2 rings (SSSR count). The maximum absolute atomic E-state index is 13.9. The summed E-state index contributed by atoms with van der Waals surface area (Å²) in [6.45, 7) is 6.02. The molecule has 2 aromatic rings. The average molecular weight is 288 g/mol. The van der Waals surface area contributed by atoms with Gasteiger partial charge in [0.05, 0.1) is 17.4 Å². The Hall–Kier alpha value is -2.04. The Balaban J connectivity index is 2.31. The first-order chi connectivity index (χ1) is 10.1. The lowest BCUT2D eigenvalue weighted by atomic mass is 10.1. The van der Waals surface area contributed by atoms with Crippen LogP contribution in [0, 0.1) is 5.82 Å². The number of nitrogens with zero attached hydrogens (tertiary/aromatic N) is 4. The van der Waals surface area contributed by atoms with Crippen LogP contribution in [0.5, 0.6) is 0 Å². The van der Waals surface area contributed by atoms with Crippen molar-refractivity contribution in [1.82, 2.24) is 15.2 Å². The van der Waals surface area contributed by atoms with E-state index >= 15 is 0 Å². The van der Waals surface area contributed by atoms with Crippen molar-refractivity contribution in [2.24, 2.45) is 0 Å². The minimum Gasteiger partial charge on any atom is -0.336 e. The highest BCUT2D eigenvalue weighted by atomic mass is 19.1. The van der Waals surface area contributed by atoms with Gasteiger partial charge in [0.25, 0.3) is 0 Å². The second-order valence-corrected chi connectivity index (χ2v) is 5.02. The first kappa shape index (κ1) is 15.4. The fourth-order valence-electron chi connectivity index (χ4n) is 2.27. The number of halogens is 1. The van der Waals surface area contributed by atoms with Gasteiger partial charge in [-0.05, 0) is 25.8 Å². The van der Waals surface area contributed by atoms with Crippen molar-refractivity contribution in [3.63, 3.8) is 0 Å². The molecule has 0 fully saturated rings. The van der Waals surface area contributed by atoms with Crippen LogP contribution in [0.3, 0.4) is 0 Å². The van der Waals surface area contributed by atoms with E-state index in [-0.39, 0.29) is 11.9 Å². The minimum absolute atomic E-state index is 0.162. The number of aromatic nitrogens is 3. The maximum Gasteiger partial charge on any atom is 0.245 e. The van der Waals surface area contributed by atoms with Gasteiger partial charge in [0, 0.05) is 12.6 Å². The Morgan fingerprint density at radius 2 is 1.76 bits per heavy atom. The van der Waals surface area contributed by atoms with Crippen molar-refractivity contribution in [1.29, 1.82) is 0 Å². The van der Waals surface area contributed by atoms with Gasteiger partial charge in [-0.3, -0.25) is 0 Å². The van der Waals surface area contributed by atoms with Crippen LogP contribution < -0.4 is 4.90 Å². The lowest BCUT2D eigenvalue weighted by Crippen LogP contribution is -2.25. The van der Waals surface area contributed by atoms with Crippen LogP contribution in [-0.4, -0.2) is 22.2 Å². The minimum atomic E-state index is -0.217. The van der Waals surface area contributed by atoms with E-state index in [1.807, 2.05) is 38.8 Å². The van der Waals surface area contributed by atoms with Crippen molar-refractivity contribution >= 4 is 5.95 Å². The SMILES string of the molecule is CCc1nnc(N(C)C(C)c2ccccc2F)nc1CC. The molecule has 0 saturated carbocycles. The largest absolute Gasteiger partial charge is 0.336 e. The van der Waals surface area contributed by atoms with Crippen LogP contribution in [0.2, 0.25) is 0 Å². The van der Waals surface area contributed by atoms with E-state index in [1.165, 1.54) is 6.07 Å². The summed E-state index contributed by atoms with van der Waals surface area (Å²) in [4.78, 5) is 6.42. The summed E-state index contributed by atoms with van der Waals surface area (Å²) in [5, 5.41) is 8.42. The molecule has 0 bridgehead atoms. The number of anilines is 1. The van der Waals surface area contributed by atoms with Gasteiger partial charge >= 0.3 is 0 Å². The van der Waals surface area contributed by atoms with Gasteiger partial charge in [0.1, 0.15) is 5.82 Å². The molecule has 1 heterocycles. The van der Waals surface area contributed by atoms with Crippen LogP contribution >= 0.6 is 0 Å². The van der Waals surface area contributed by atoms with E-state index in [4.69, 9.17) is 0 Å². The number of benzene rings is 1. The molecule has 21 heavy (non-hydrogen) atoms. The monoisotopic (exact) mass is 288 g/mol. The van der Waals surface area contributed by atoms with E-state index in [0.29, 0.717) is 11.5 Å². The van der Waals surface area contributed by atoms with E-state index < -0.39 is 0 Å². The first-order valence-corrected chi connectivity index (χ1v) is 7.28. The molecule has 1 aromatic heterocycles. The Kier molecular flexibility index (Phi) is 4.83. The molecule has 1 unspecified atom stereocenters. The van der Waals surface area contributed by atoms with E-state index in [2.05, 4.69) is 15.2 Å². The highest BCUT2D eigenvalue weighted by Crippen LogP contribution is 2.24. The number of aryl methyl sites for hydroxylation is 2. The summed E-state index contributed by atoms with van der Waals surface area (Å²) in [6, 6.07) is 6.61. The van der Waals surface area contributed by atoms with Gasteiger partial charge in [-0.15, -0.1) is 5.10 Å². The maximum atomic E-state index is 13.9. The predicted molar refractivity (Wildman–Crippen MR) is 81.8 cm³/mol. The fraction of sp³-hybridized carbons (Fsp3) is 0.438. The molecular formula is C16H21FN4. The zero-order chi connectivity index (χ0) is 15.4. The number of hydrogen-bond donors (Lipinski definition) is 0. The van der Waals surface area contributed by atoms with Gasteiger partial charge < -0.3 is 4.90 Å². The highest BCUT2D eigenvalue weighted by molar-refractivity contribution is 5.35. The highest BCUT2D eigenvalue weighted by Gasteiger charge is 2.19. The zero-order valence-electron chi connectivity index (χ0n) is 13.0. The summed E-state index contributed by atoms with van der Waals surface area (Å²) >= 11 is 0. The smallest absolute Gasteiger partial charge is 0.245 e. The van der Waals surface area contributed by atoms with Crippen LogP contribution in [0.1, 0.15) is 43.8 Å². The molecule has 0 aliphatic carbocycles. The van der Waals surface area contributed by atoms with Gasteiger partial charge in [-0.1, -0.05) is 32.0 Å². The number of hydrogen-bond acceptors (Lipinski definition) is 4. The number of rotatable bonds is 5. The normalized spacial score (nSPS) is 12.2. The van der Waals surface area contributed by atoms with Crippen LogP contribution in [-0.2, 0) is 12.8 Å². The third kappa shape index (κ3) is 3.17. The molecule has 0 N–H and O–H groups in total. The molecule has 0 radical (unpaired) electrons. The molecule has 4 nitrogen and oxygen atoms in total. The molecule has 1 aromatic carbocycles. The van der Waals surface area contributed by atoms with Crippen molar-refractivity contribution in [2.45, 2.75) is 39.7 Å². The summed E-state index contributed by atoms with van der Waals surface area (Å²) in [5.74, 6) is 0.311. The fourth-order valence-corrected chi connectivity index (χ4v) is 2.27. The van der Waals surface area contributed by atoms with Crippen LogP contribution in [0.15, 0.2) is 24.3 Å². The van der Waals surface area contributed by atoms with E-state index in [9.17, 15) is 4.39 Å².